The average Bonchev–Trinajstić information content (AvgIpc) is 2.45. The van der Waals surface area contributed by atoms with E-state index in [1.165, 1.54) is 12.7 Å². The van der Waals surface area contributed by atoms with Crippen LogP contribution in [0.3, 0.4) is 0 Å². The quantitative estimate of drug-likeness (QED) is 0.665. The Morgan fingerprint density at radius 1 is 1.15 bits per heavy atom. The first-order valence-corrected chi connectivity index (χ1v) is 6.44. The summed E-state index contributed by atoms with van der Waals surface area (Å²) in [5.74, 6) is 5.45. The van der Waals surface area contributed by atoms with Crippen molar-refractivity contribution in [3.63, 3.8) is 0 Å². The molecule has 2 rings (SSSR count). The molecule has 2 aromatic rings. The Morgan fingerprint density at radius 2 is 1.90 bits per heavy atom. The van der Waals surface area contributed by atoms with Gasteiger partial charge >= 0.3 is 0 Å². The van der Waals surface area contributed by atoms with E-state index in [0.717, 1.165) is 11.1 Å². The zero-order valence-corrected chi connectivity index (χ0v) is 11.9. The summed E-state index contributed by atoms with van der Waals surface area (Å²) in [6.07, 6.45) is 0. The summed E-state index contributed by atoms with van der Waals surface area (Å²) in [7, 11) is 1.45. The summed E-state index contributed by atoms with van der Waals surface area (Å²) < 4.78 is 19.4. The lowest BCUT2D eigenvalue weighted by Crippen LogP contribution is -2.29. The van der Waals surface area contributed by atoms with Crippen LogP contribution in [0.2, 0.25) is 0 Å². The summed E-state index contributed by atoms with van der Waals surface area (Å²) in [5, 5.41) is 0. The van der Waals surface area contributed by atoms with E-state index in [1.54, 1.807) is 18.2 Å². The maximum atomic E-state index is 14.4. The van der Waals surface area contributed by atoms with E-state index in [9.17, 15) is 4.39 Å². The molecule has 0 radical (unpaired) electrons. The number of nitrogens with one attached hydrogen (secondary N) is 1. The van der Waals surface area contributed by atoms with Crippen molar-refractivity contribution >= 4 is 0 Å². The monoisotopic (exact) mass is 274 g/mol. The average molecular weight is 274 g/mol. The molecule has 3 N–H and O–H groups in total. The van der Waals surface area contributed by atoms with Gasteiger partial charge < -0.3 is 4.74 Å². The first kappa shape index (κ1) is 14.5. The van der Waals surface area contributed by atoms with Crippen molar-refractivity contribution in [2.45, 2.75) is 19.9 Å². The fourth-order valence-corrected chi connectivity index (χ4v) is 2.22. The van der Waals surface area contributed by atoms with Crippen LogP contribution in [0.1, 0.15) is 28.3 Å². The topological polar surface area (TPSA) is 47.3 Å². The molecule has 0 bridgehead atoms. The molecule has 0 amide bonds. The van der Waals surface area contributed by atoms with Gasteiger partial charge in [0, 0.05) is 5.56 Å². The van der Waals surface area contributed by atoms with Crippen LogP contribution in [-0.2, 0) is 0 Å². The van der Waals surface area contributed by atoms with Crippen LogP contribution in [0.4, 0.5) is 4.39 Å². The van der Waals surface area contributed by atoms with E-state index in [4.69, 9.17) is 10.6 Å². The third-order valence-corrected chi connectivity index (χ3v) is 3.56. The van der Waals surface area contributed by atoms with Crippen molar-refractivity contribution in [3.8, 4) is 5.75 Å². The zero-order valence-electron chi connectivity index (χ0n) is 11.9. The molecule has 0 heterocycles. The highest BCUT2D eigenvalue weighted by Gasteiger charge is 2.19. The van der Waals surface area contributed by atoms with Gasteiger partial charge in [0.2, 0.25) is 0 Å². The number of halogens is 1. The lowest BCUT2D eigenvalue weighted by molar-refractivity contribution is 0.381. The second-order valence-electron chi connectivity index (χ2n) is 4.81. The van der Waals surface area contributed by atoms with Gasteiger partial charge in [0.05, 0.1) is 13.2 Å². The van der Waals surface area contributed by atoms with E-state index >= 15 is 0 Å². The largest absolute Gasteiger partial charge is 0.494 e. The molecule has 3 nitrogen and oxygen atoms in total. The number of hydrogen-bond donors (Lipinski definition) is 2. The first-order chi connectivity index (χ1) is 9.58. The van der Waals surface area contributed by atoms with Crippen molar-refractivity contribution in [2.75, 3.05) is 7.11 Å². The van der Waals surface area contributed by atoms with Crippen molar-refractivity contribution in [2.24, 2.45) is 5.84 Å². The van der Waals surface area contributed by atoms with E-state index in [2.05, 4.69) is 5.43 Å². The molecule has 2 aromatic carbocycles. The Morgan fingerprint density at radius 3 is 2.50 bits per heavy atom. The summed E-state index contributed by atoms with van der Waals surface area (Å²) in [6, 6.07) is 10.6. The minimum atomic E-state index is -0.413. The second-order valence-corrected chi connectivity index (χ2v) is 4.81. The lowest BCUT2D eigenvalue weighted by Gasteiger charge is -2.19. The normalized spacial score (nSPS) is 12.2. The van der Waals surface area contributed by atoms with Crippen LogP contribution < -0.4 is 16.0 Å². The Bertz CT molecular complexity index is 613. The molecule has 106 valence electrons. The smallest absolute Gasteiger partial charge is 0.170 e. The van der Waals surface area contributed by atoms with Gasteiger partial charge in [-0.15, -0.1) is 0 Å². The Labute approximate surface area is 118 Å². The van der Waals surface area contributed by atoms with Crippen LogP contribution in [-0.4, -0.2) is 7.11 Å². The number of ether oxygens (including phenoxy) is 1. The highest BCUT2D eigenvalue weighted by Crippen LogP contribution is 2.29. The zero-order chi connectivity index (χ0) is 14.7. The van der Waals surface area contributed by atoms with Gasteiger partial charge in [0.25, 0.3) is 0 Å². The number of nitrogens with two attached hydrogens (primary N) is 1. The van der Waals surface area contributed by atoms with Crippen LogP contribution in [0.25, 0.3) is 0 Å². The molecule has 0 aliphatic heterocycles. The highest BCUT2D eigenvalue weighted by atomic mass is 19.1. The Kier molecular flexibility index (Phi) is 4.37. The van der Waals surface area contributed by atoms with Crippen LogP contribution >= 0.6 is 0 Å². The molecule has 1 unspecified atom stereocenters. The van der Waals surface area contributed by atoms with Gasteiger partial charge in [0.15, 0.2) is 11.6 Å². The maximum absolute atomic E-state index is 14.4. The number of hydrogen-bond acceptors (Lipinski definition) is 3. The standard InChI is InChI=1S/C16H19FN2O/c1-10-7-8-12(9-11(10)2)16(19-18)13-5-4-6-14(20-3)15(13)17/h4-9,16,19H,18H2,1-3H3. The van der Waals surface area contributed by atoms with Gasteiger partial charge in [0.1, 0.15) is 0 Å². The van der Waals surface area contributed by atoms with Gasteiger partial charge in [-0.1, -0.05) is 30.3 Å². The predicted octanol–water partition coefficient (Wildman–Crippen LogP) is 3.00. The fourth-order valence-electron chi connectivity index (χ4n) is 2.22. The molecule has 1 atom stereocenters. The molecule has 0 saturated heterocycles. The number of methoxy groups -OCH3 is 1. The summed E-state index contributed by atoms with van der Waals surface area (Å²) >= 11 is 0. The maximum Gasteiger partial charge on any atom is 0.170 e. The van der Waals surface area contributed by atoms with Crippen LogP contribution in [0.5, 0.6) is 5.75 Å². The molecule has 0 aliphatic carbocycles. The minimum Gasteiger partial charge on any atom is -0.494 e. The molecular formula is C16H19FN2O. The first-order valence-electron chi connectivity index (χ1n) is 6.44. The van der Waals surface area contributed by atoms with Gasteiger partial charge in [-0.05, 0) is 36.6 Å². The Hall–Kier alpha value is -1.91. The van der Waals surface area contributed by atoms with E-state index < -0.39 is 11.9 Å². The van der Waals surface area contributed by atoms with Crippen molar-refractivity contribution in [3.05, 3.63) is 64.5 Å². The number of rotatable bonds is 4. The molecule has 0 aromatic heterocycles. The van der Waals surface area contributed by atoms with Gasteiger partial charge in [-0.25, -0.2) is 9.82 Å². The molecule has 20 heavy (non-hydrogen) atoms. The Balaban J connectivity index is 2.49. The summed E-state index contributed by atoms with van der Waals surface area (Å²) in [6.45, 7) is 4.06. The van der Waals surface area contributed by atoms with E-state index in [-0.39, 0.29) is 5.75 Å². The molecule has 0 saturated carbocycles. The van der Waals surface area contributed by atoms with Crippen LogP contribution in [0, 0.1) is 19.7 Å². The van der Waals surface area contributed by atoms with Crippen LogP contribution in [0.15, 0.2) is 36.4 Å². The second kappa shape index (κ2) is 6.03. The molecule has 0 spiro atoms. The molecule has 0 fully saturated rings. The van der Waals surface area contributed by atoms with Crippen molar-refractivity contribution < 1.29 is 9.13 Å². The predicted molar refractivity (Wildman–Crippen MR) is 78.0 cm³/mol. The third kappa shape index (κ3) is 2.66. The SMILES string of the molecule is COc1cccc(C(NN)c2ccc(C)c(C)c2)c1F. The number of benzene rings is 2. The molecule has 4 heteroatoms. The minimum absolute atomic E-state index is 0.214. The number of hydrazine groups is 1. The summed E-state index contributed by atoms with van der Waals surface area (Å²) in [4.78, 5) is 0. The third-order valence-electron chi connectivity index (χ3n) is 3.56. The van der Waals surface area contributed by atoms with E-state index in [1.807, 2.05) is 32.0 Å². The fraction of sp³-hybridized carbons (Fsp3) is 0.250. The highest BCUT2D eigenvalue weighted by molar-refractivity contribution is 5.40. The van der Waals surface area contributed by atoms with Crippen molar-refractivity contribution in [1.29, 1.82) is 0 Å². The number of aryl methyl sites for hydroxylation is 2. The lowest BCUT2D eigenvalue weighted by atomic mass is 9.95. The van der Waals surface area contributed by atoms with Gasteiger partial charge in [-0.3, -0.25) is 5.84 Å². The summed E-state index contributed by atoms with van der Waals surface area (Å²) in [5.41, 5.74) is 6.40. The van der Waals surface area contributed by atoms with Gasteiger partial charge in [-0.2, -0.15) is 0 Å². The molecular weight excluding hydrogens is 255 g/mol. The molecule has 0 aliphatic rings. The van der Waals surface area contributed by atoms with E-state index in [0.29, 0.717) is 5.56 Å². The van der Waals surface area contributed by atoms with Crippen molar-refractivity contribution in [1.82, 2.24) is 5.43 Å².